The van der Waals surface area contributed by atoms with Crippen LogP contribution in [0.1, 0.15) is 19.4 Å². The summed E-state index contributed by atoms with van der Waals surface area (Å²) in [6.45, 7) is 5.29. The van der Waals surface area contributed by atoms with Crippen LogP contribution in [0.15, 0.2) is 18.2 Å². The van der Waals surface area contributed by atoms with Gasteiger partial charge in [0.1, 0.15) is 0 Å². The van der Waals surface area contributed by atoms with Gasteiger partial charge in [0.05, 0.1) is 19.6 Å². The molecule has 1 N–H and O–H groups in total. The van der Waals surface area contributed by atoms with Crippen LogP contribution in [0.5, 0.6) is 11.5 Å². The van der Waals surface area contributed by atoms with E-state index in [0.29, 0.717) is 24.7 Å². The van der Waals surface area contributed by atoms with Gasteiger partial charge in [0.25, 0.3) is 0 Å². The Morgan fingerprint density at radius 2 is 1.94 bits per heavy atom. The van der Waals surface area contributed by atoms with Crippen molar-refractivity contribution in [2.24, 2.45) is 5.41 Å². The van der Waals surface area contributed by atoms with E-state index in [1.165, 1.54) is 0 Å². The molecule has 0 radical (unpaired) electrons. The largest absolute Gasteiger partial charge is 0.489 e. The summed E-state index contributed by atoms with van der Waals surface area (Å²) in [7, 11) is 0. The van der Waals surface area contributed by atoms with E-state index in [2.05, 4.69) is 13.8 Å². The molecule has 1 heterocycles. The van der Waals surface area contributed by atoms with Crippen molar-refractivity contribution < 1.29 is 19.4 Å². The van der Waals surface area contributed by atoms with Crippen LogP contribution in [0.4, 0.5) is 0 Å². The van der Waals surface area contributed by atoms with Crippen LogP contribution in [-0.2, 0) is 11.2 Å². The zero-order valence-corrected chi connectivity index (χ0v) is 10.0. The zero-order chi connectivity index (χ0) is 12.5. The molecule has 17 heavy (non-hydrogen) atoms. The third-order valence-corrected chi connectivity index (χ3v) is 2.60. The van der Waals surface area contributed by atoms with Crippen molar-refractivity contribution >= 4 is 5.97 Å². The number of rotatable bonds is 2. The van der Waals surface area contributed by atoms with Crippen molar-refractivity contribution in [3.8, 4) is 11.5 Å². The second kappa shape index (κ2) is 4.28. The van der Waals surface area contributed by atoms with Gasteiger partial charge in [0.15, 0.2) is 11.5 Å². The molecular weight excluding hydrogens is 220 g/mol. The summed E-state index contributed by atoms with van der Waals surface area (Å²) in [6.07, 6.45) is 0.0000326. The van der Waals surface area contributed by atoms with E-state index in [1.54, 1.807) is 18.2 Å². The monoisotopic (exact) mass is 236 g/mol. The normalized spacial score (nSPS) is 17.3. The third-order valence-electron chi connectivity index (χ3n) is 2.60. The maximum Gasteiger partial charge on any atom is 0.307 e. The molecule has 1 aliphatic heterocycles. The van der Waals surface area contributed by atoms with Crippen LogP contribution < -0.4 is 9.47 Å². The lowest BCUT2D eigenvalue weighted by Gasteiger charge is -2.19. The number of benzene rings is 1. The highest BCUT2D eigenvalue weighted by Crippen LogP contribution is 2.34. The molecule has 0 aliphatic carbocycles. The lowest BCUT2D eigenvalue weighted by molar-refractivity contribution is -0.136. The van der Waals surface area contributed by atoms with E-state index >= 15 is 0 Å². The Bertz CT molecular complexity index is 437. The molecule has 0 unspecified atom stereocenters. The van der Waals surface area contributed by atoms with E-state index < -0.39 is 5.97 Å². The van der Waals surface area contributed by atoms with Crippen LogP contribution in [-0.4, -0.2) is 24.3 Å². The standard InChI is InChI=1S/C13H16O4/c1-13(2)7-16-10-4-3-9(6-12(14)15)5-11(10)17-8-13/h3-5H,6-8H2,1-2H3,(H,14,15). The number of ether oxygens (including phenoxy) is 2. The van der Waals surface area contributed by atoms with Crippen molar-refractivity contribution in [3.63, 3.8) is 0 Å². The van der Waals surface area contributed by atoms with E-state index in [-0.39, 0.29) is 11.8 Å². The van der Waals surface area contributed by atoms with Crippen LogP contribution in [0.2, 0.25) is 0 Å². The molecule has 1 aromatic carbocycles. The van der Waals surface area contributed by atoms with Crippen molar-refractivity contribution in [2.45, 2.75) is 20.3 Å². The second-order valence-electron chi connectivity index (χ2n) is 5.09. The van der Waals surface area contributed by atoms with Gasteiger partial charge in [-0.2, -0.15) is 0 Å². The highest BCUT2D eigenvalue weighted by molar-refractivity contribution is 5.70. The van der Waals surface area contributed by atoms with E-state index in [9.17, 15) is 4.79 Å². The quantitative estimate of drug-likeness (QED) is 0.854. The zero-order valence-electron chi connectivity index (χ0n) is 10.0. The molecule has 2 rings (SSSR count). The molecule has 4 nitrogen and oxygen atoms in total. The summed E-state index contributed by atoms with van der Waals surface area (Å²) < 4.78 is 11.3. The fourth-order valence-corrected chi connectivity index (χ4v) is 1.66. The number of carboxylic acid groups (broad SMARTS) is 1. The molecule has 0 saturated heterocycles. The molecule has 1 aromatic rings. The summed E-state index contributed by atoms with van der Waals surface area (Å²) in [4.78, 5) is 10.6. The SMILES string of the molecule is CC1(C)COc2ccc(CC(=O)O)cc2OC1. The maximum absolute atomic E-state index is 10.6. The van der Waals surface area contributed by atoms with E-state index in [4.69, 9.17) is 14.6 Å². The number of fused-ring (bicyclic) bond motifs is 1. The topological polar surface area (TPSA) is 55.8 Å². The van der Waals surface area contributed by atoms with Crippen LogP contribution in [0.25, 0.3) is 0 Å². The molecule has 4 heteroatoms. The van der Waals surface area contributed by atoms with Gasteiger partial charge in [0.2, 0.25) is 0 Å². The summed E-state index contributed by atoms with van der Waals surface area (Å²) in [5.41, 5.74) is 0.686. The molecule has 0 bridgehead atoms. The average molecular weight is 236 g/mol. The first-order valence-electron chi connectivity index (χ1n) is 5.57. The fourth-order valence-electron chi connectivity index (χ4n) is 1.66. The fraction of sp³-hybridized carbons (Fsp3) is 0.462. The van der Waals surface area contributed by atoms with Crippen molar-refractivity contribution in [1.29, 1.82) is 0 Å². The Labute approximate surface area is 100 Å². The van der Waals surface area contributed by atoms with Gasteiger partial charge in [-0.25, -0.2) is 0 Å². The van der Waals surface area contributed by atoms with Gasteiger partial charge in [-0.3, -0.25) is 4.79 Å². The molecular formula is C13H16O4. The number of carboxylic acids is 1. The summed E-state index contributed by atoms with van der Waals surface area (Å²) >= 11 is 0. The number of hydrogen-bond acceptors (Lipinski definition) is 3. The van der Waals surface area contributed by atoms with E-state index in [1.807, 2.05) is 0 Å². The second-order valence-corrected chi connectivity index (χ2v) is 5.09. The number of carbonyl (C=O) groups is 1. The molecule has 0 atom stereocenters. The minimum absolute atomic E-state index is 0.0000326. The summed E-state index contributed by atoms with van der Waals surface area (Å²) in [5, 5.41) is 8.74. The first kappa shape index (κ1) is 11.8. The molecule has 92 valence electrons. The Balaban J connectivity index is 2.22. The maximum atomic E-state index is 10.6. The Kier molecular flexibility index (Phi) is 2.96. The van der Waals surface area contributed by atoms with Gasteiger partial charge < -0.3 is 14.6 Å². The van der Waals surface area contributed by atoms with Crippen molar-refractivity contribution in [2.75, 3.05) is 13.2 Å². The van der Waals surface area contributed by atoms with Crippen molar-refractivity contribution in [3.05, 3.63) is 23.8 Å². The van der Waals surface area contributed by atoms with Gasteiger partial charge in [-0.05, 0) is 17.7 Å². The first-order chi connectivity index (χ1) is 7.96. The summed E-state index contributed by atoms with van der Waals surface area (Å²) in [5.74, 6) is 0.471. The van der Waals surface area contributed by atoms with Crippen LogP contribution in [0, 0.1) is 5.41 Å². The molecule has 0 aromatic heterocycles. The Hall–Kier alpha value is -1.71. The number of aliphatic carboxylic acids is 1. The van der Waals surface area contributed by atoms with Gasteiger partial charge >= 0.3 is 5.97 Å². The summed E-state index contributed by atoms with van der Waals surface area (Å²) in [6, 6.07) is 5.27. The lowest BCUT2D eigenvalue weighted by atomic mass is 9.97. The first-order valence-corrected chi connectivity index (χ1v) is 5.57. The molecule has 0 spiro atoms. The Morgan fingerprint density at radius 3 is 2.59 bits per heavy atom. The predicted molar refractivity (Wildman–Crippen MR) is 62.6 cm³/mol. The van der Waals surface area contributed by atoms with E-state index in [0.717, 1.165) is 5.56 Å². The van der Waals surface area contributed by atoms with Gasteiger partial charge in [-0.15, -0.1) is 0 Å². The molecule has 0 amide bonds. The smallest absolute Gasteiger partial charge is 0.307 e. The average Bonchev–Trinajstić information content (AvgIpc) is 2.38. The lowest BCUT2D eigenvalue weighted by Crippen LogP contribution is -2.26. The predicted octanol–water partition coefficient (Wildman–Crippen LogP) is 2.11. The minimum Gasteiger partial charge on any atom is -0.489 e. The van der Waals surface area contributed by atoms with Crippen LogP contribution >= 0.6 is 0 Å². The molecule has 0 saturated carbocycles. The van der Waals surface area contributed by atoms with Gasteiger partial charge in [-0.1, -0.05) is 19.9 Å². The molecule has 0 fully saturated rings. The van der Waals surface area contributed by atoms with Crippen LogP contribution in [0.3, 0.4) is 0 Å². The van der Waals surface area contributed by atoms with Gasteiger partial charge in [0, 0.05) is 5.41 Å². The highest BCUT2D eigenvalue weighted by atomic mass is 16.5. The Morgan fingerprint density at radius 1 is 1.29 bits per heavy atom. The third kappa shape index (κ3) is 2.90. The highest BCUT2D eigenvalue weighted by Gasteiger charge is 2.25. The van der Waals surface area contributed by atoms with Crippen molar-refractivity contribution in [1.82, 2.24) is 0 Å². The minimum atomic E-state index is -0.847. The number of hydrogen-bond donors (Lipinski definition) is 1. The molecule has 1 aliphatic rings.